The molecule has 3 rings (SSSR count). The normalized spacial score (nSPS) is 19.3. The Labute approximate surface area is 130 Å². The van der Waals surface area contributed by atoms with E-state index in [-0.39, 0.29) is 11.9 Å². The fraction of sp³-hybridized carbons (Fsp3) is 0.389. The van der Waals surface area contributed by atoms with Crippen molar-refractivity contribution in [1.82, 2.24) is 9.88 Å². The lowest BCUT2D eigenvalue weighted by Crippen LogP contribution is -2.43. The molecule has 2 aromatic rings. The average molecular weight is 300 g/mol. The Bertz CT molecular complexity index is 615. The number of pyridine rings is 1. The Morgan fingerprint density at radius 1 is 1.23 bits per heavy atom. The van der Waals surface area contributed by atoms with Gasteiger partial charge in [0, 0.05) is 25.3 Å². The van der Waals surface area contributed by atoms with Crippen molar-refractivity contribution in [2.45, 2.75) is 26.0 Å². The summed E-state index contributed by atoms with van der Waals surface area (Å²) in [4.78, 5) is 6.94. The van der Waals surface area contributed by atoms with E-state index in [1.807, 2.05) is 31.2 Å². The van der Waals surface area contributed by atoms with E-state index in [1.165, 1.54) is 12.1 Å². The molecular formula is C18H21FN2O. The summed E-state index contributed by atoms with van der Waals surface area (Å²) in [6, 6.07) is 12.8. The number of ether oxygens (including phenoxy) is 1. The maximum absolute atomic E-state index is 13.0. The Balaban J connectivity index is 1.58. The van der Waals surface area contributed by atoms with E-state index in [1.54, 1.807) is 0 Å². The van der Waals surface area contributed by atoms with Crippen molar-refractivity contribution >= 4 is 0 Å². The maximum atomic E-state index is 13.0. The highest BCUT2D eigenvalue weighted by molar-refractivity contribution is 5.17. The van der Waals surface area contributed by atoms with Crippen LogP contribution in [0.25, 0.3) is 0 Å². The van der Waals surface area contributed by atoms with E-state index in [4.69, 9.17) is 4.74 Å². The lowest BCUT2D eigenvalue weighted by molar-refractivity contribution is -0.0308. The number of hydrogen-bond donors (Lipinski definition) is 0. The maximum Gasteiger partial charge on any atom is 0.123 e. The molecule has 1 aliphatic rings. The number of hydrogen-bond acceptors (Lipinski definition) is 3. The summed E-state index contributed by atoms with van der Waals surface area (Å²) in [5.41, 5.74) is 3.26. The van der Waals surface area contributed by atoms with Crippen LogP contribution in [0.5, 0.6) is 0 Å². The molecular weight excluding hydrogens is 279 g/mol. The summed E-state index contributed by atoms with van der Waals surface area (Å²) in [6.07, 6.45) is 0.974. The second kappa shape index (κ2) is 6.99. The zero-order valence-electron chi connectivity index (χ0n) is 12.8. The van der Waals surface area contributed by atoms with Crippen LogP contribution in [0.15, 0.2) is 42.5 Å². The second-order valence-corrected chi connectivity index (χ2v) is 5.83. The second-order valence-electron chi connectivity index (χ2n) is 5.83. The topological polar surface area (TPSA) is 25.4 Å². The van der Waals surface area contributed by atoms with Gasteiger partial charge in [-0.15, -0.1) is 0 Å². The van der Waals surface area contributed by atoms with Gasteiger partial charge in [0.2, 0.25) is 0 Å². The zero-order chi connectivity index (χ0) is 15.4. The quantitative estimate of drug-likeness (QED) is 0.868. The summed E-state index contributed by atoms with van der Waals surface area (Å²) in [5.74, 6) is -0.194. The van der Waals surface area contributed by atoms with Gasteiger partial charge in [0.05, 0.1) is 18.4 Å². The van der Waals surface area contributed by atoms with Gasteiger partial charge in [-0.1, -0.05) is 18.2 Å². The predicted octanol–water partition coefficient (Wildman–Crippen LogP) is 2.97. The lowest BCUT2D eigenvalue weighted by Gasteiger charge is -2.32. The van der Waals surface area contributed by atoms with Crippen molar-refractivity contribution in [2.75, 3.05) is 19.7 Å². The zero-order valence-corrected chi connectivity index (χ0v) is 12.8. The van der Waals surface area contributed by atoms with Crippen LogP contribution in [-0.4, -0.2) is 35.7 Å². The van der Waals surface area contributed by atoms with Gasteiger partial charge >= 0.3 is 0 Å². The van der Waals surface area contributed by atoms with Crippen LogP contribution < -0.4 is 0 Å². The van der Waals surface area contributed by atoms with Gasteiger partial charge in [0.1, 0.15) is 5.82 Å². The molecule has 0 amide bonds. The highest BCUT2D eigenvalue weighted by atomic mass is 19.1. The van der Waals surface area contributed by atoms with Crippen molar-refractivity contribution in [3.8, 4) is 0 Å². The standard InChI is InChI=1S/C18H21FN2O/c1-14-3-2-4-17(20-14)12-21-9-10-22-18(13-21)11-15-5-7-16(19)8-6-15/h2-8,18H,9-13H2,1H3/t18-/m1/s1. The molecule has 2 heterocycles. The first-order valence-electron chi connectivity index (χ1n) is 7.70. The monoisotopic (exact) mass is 300 g/mol. The molecule has 1 aliphatic heterocycles. The van der Waals surface area contributed by atoms with Gasteiger partial charge in [-0.2, -0.15) is 0 Å². The first-order chi connectivity index (χ1) is 10.7. The number of aromatic nitrogens is 1. The minimum atomic E-state index is -0.194. The summed E-state index contributed by atoms with van der Waals surface area (Å²) < 4.78 is 18.8. The molecule has 0 N–H and O–H groups in total. The fourth-order valence-electron chi connectivity index (χ4n) is 2.85. The number of benzene rings is 1. The third-order valence-electron chi connectivity index (χ3n) is 3.93. The molecule has 1 fully saturated rings. The summed E-state index contributed by atoms with van der Waals surface area (Å²) >= 11 is 0. The molecule has 3 nitrogen and oxygen atoms in total. The molecule has 116 valence electrons. The molecule has 1 saturated heterocycles. The molecule has 4 heteroatoms. The van der Waals surface area contributed by atoms with Gasteiger partial charge in [0.25, 0.3) is 0 Å². The third-order valence-corrected chi connectivity index (χ3v) is 3.93. The third kappa shape index (κ3) is 4.12. The molecule has 0 radical (unpaired) electrons. The fourth-order valence-corrected chi connectivity index (χ4v) is 2.85. The van der Waals surface area contributed by atoms with Crippen LogP contribution in [0, 0.1) is 12.7 Å². The molecule has 0 spiro atoms. The smallest absolute Gasteiger partial charge is 0.123 e. The minimum absolute atomic E-state index is 0.157. The van der Waals surface area contributed by atoms with Crippen molar-refractivity contribution in [3.05, 3.63) is 65.2 Å². The van der Waals surface area contributed by atoms with Crippen LogP contribution >= 0.6 is 0 Å². The molecule has 1 aromatic heterocycles. The Morgan fingerprint density at radius 3 is 2.82 bits per heavy atom. The van der Waals surface area contributed by atoms with Crippen LogP contribution in [0.1, 0.15) is 17.0 Å². The van der Waals surface area contributed by atoms with Crippen LogP contribution in [0.4, 0.5) is 4.39 Å². The van der Waals surface area contributed by atoms with Gasteiger partial charge < -0.3 is 4.74 Å². The molecule has 22 heavy (non-hydrogen) atoms. The first kappa shape index (κ1) is 15.1. The lowest BCUT2D eigenvalue weighted by atomic mass is 10.1. The first-order valence-corrected chi connectivity index (χ1v) is 7.70. The molecule has 1 atom stereocenters. The number of nitrogens with zero attached hydrogens (tertiary/aromatic N) is 2. The summed E-state index contributed by atoms with van der Waals surface area (Å²) in [6.45, 7) is 5.41. The van der Waals surface area contributed by atoms with E-state index in [0.717, 1.165) is 49.6 Å². The average Bonchev–Trinajstić information content (AvgIpc) is 2.50. The van der Waals surface area contributed by atoms with Crippen LogP contribution in [0.2, 0.25) is 0 Å². The number of aryl methyl sites for hydroxylation is 1. The van der Waals surface area contributed by atoms with Crippen LogP contribution in [0.3, 0.4) is 0 Å². The Kier molecular flexibility index (Phi) is 4.80. The van der Waals surface area contributed by atoms with Gasteiger partial charge in [0.15, 0.2) is 0 Å². The summed E-state index contributed by atoms with van der Waals surface area (Å²) in [5, 5.41) is 0. The molecule has 0 saturated carbocycles. The van der Waals surface area contributed by atoms with E-state index >= 15 is 0 Å². The Hall–Kier alpha value is -1.78. The van der Waals surface area contributed by atoms with Crippen LogP contribution in [-0.2, 0) is 17.7 Å². The molecule has 1 aromatic carbocycles. The number of halogens is 1. The number of rotatable bonds is 4. The van der Waals surface area contributed by atoms with E-state index in [9.17, 15) is 4.39 Å². The Morgan fingerprint density at radius 2 is 2.05 bits per heavy atom. The van der Waals surface area contributed by atoms with Gasteiger partial charge in [-0.25, -0.2) is 4.39 Å². The summed E-state index contributed by atoms with van der Waals surface area (Å²) in [7, 11) is 0. The molecule has 0 bridgehead atoms. The SMILES string of the molecule is Cc1cccc(CN2CCO[C@H](Cc3ccc(F)cc3)C2)n1. The molecule has 0 unspecified atom stereocenters. The van der Waals surface area contributed by atoms with Crippen molar-refractivity contribution < 1.29 is 9.13 Å². The van der Waals surface area contributed by atoms with Crippen molar-refractivity contribution in [2.24, 2.45) is 0 Å². The highest BCUT2D eigenvalue weighted by Gasteiger charge is 2.21. The highest BCUT2D eigenvalue weighted by Crippen LogP contribution is 2.14. The minimum Gasteiger partial charge on any atom is -0.375 e. The van der Waals surface area contributed by atoms with Crippen molar-refractivity contribution in [3.63, 3.8) is 0 Å². The predicted molar refractivity (Wildman–Crippen MR) is 84.1 cm³/mol. The number of morpholine rings is 1. The van der Waals surface area contributed by atoms with E-state index in [0.29, 0.717) is 0 Å². The van der Waals surface area contributed by atoms with Gasteiger partial charge in [-0.05, 0) is 43.2 Å². The van der Waals surface area contributed by atoms with Gasteiger partial charge in [-0.3, -0.25) is 9.88 Å². The largest absolute Gasteiger partial charge is 0.375 e. The molecule has 0 aliphatic carbocycles. The van der Waals surface area contributed by atoms with E-state index < -0.39 is 0 Å². The van der Waals surface area contributed by atoms with Crippen molar-refractivity contribution in [1.29, 1.82) is 0 Å². The van der Waals surface area contributed by atoms with E-state index in [2.05, 4.69) is 16.0 Å².